The van der Waals surface area contributed by atoms with Crippen LogP contribution in [0.2, 0.25) is 0 Å². The zero-order chi connectivity index (χ0) is 23.1. The van der Waals surface area contributed by atoms with E-state index in [1.165, 1.54) is 0 Å². The van der Waals surface area contributed by atoms with Gasteiger partial charge in [-0.15, -0.1) is 0 Å². The molecule has 5 aromatic rings. The molecule has 0 saturated heterocycles. The molecule has 0 spiro atoms. The van der Waals surface area contributed by atoms with Gasteiger partial charge in [0.15, 0.2) is 11.5 Å². The smallest absolute Gasteiger partial charge is 0.251 e. The number of pyridine rings is 1. The number of imidazole rings is 1. The first-order valence-corrected chi connectivity index (χ1v) is 11.3. The van der Waals surface area contributed by atoms with Crippen LogP contribution in [0.5, 0.6) is 0 Å². The van der Waals surface area contributed by atoms with E-state index in [-0.39, 0.29) is 5.91 Å². The van der Waals surface area contributed by atoms with Gasteiger partial charge in [0.05, 0.1) is 35.2 Å². The fraction of sp³-hybridized carbons (Fsp3) is 0.154. The first kappa shape index (κ1) is 20.2. The number of carbonyl (C=O) groups excluding carboxylic acids is 1. The van der Waals surface area contributed by atoms with E-state index in [1.807, 2.05) is 66.9 Å². The van der Waals surface area contributed by atoms with Gasteiger partial charge in [-0.25, -0.2) is 9.97 Å². The molecule has 8 heteroatoms. The summed E-state index contributed by atoms with van der Waals surface area (Å²) in [6.07, 6.45) is 5.73. The summed E-state index contributed by atoms with van der Waals surface area (Å²) in [6.45, 7) is 0.518. The summed E-state index contributed by atoms with van der Waals surface area (Å²) in [5, 5.41) is 6.41. The first-order chi connectivity index (χ1) is 16.7. The molecule has 1 aliphatic rings. The second-order valence-corrected chi connectivity index (χ2v) is 8.51. The highest BCUT2D eigenvalue weighted by Crippen LogP contribution is 2.30. The van der Waals surface area contributed by atoms with Gasteiger partial charge in [0.1, 0.15) is 0 Å². The molecule has 0 bridgehead atoms. The van der Waals surface area contributed by atoms with Gasteiger partial charge in [-0.3, -0.25) is 14.2 Å². The summed E-state index contributed by atoms with van der Waals surface area (Å²) in [5.74, 6) is 0.619. The van der Waals surface area contributed by atoms with Crippen molar-refractivity contribution in [2.24, 2.45) is 0 Å². The minimum absolute atomic E-state index is 0.0293. The third kappa shape index (κ3) is 3.79. The van der Waals surface area contributed by atoms with E-state index in [2.05, 4.69) is 20.0 Å². The van der Waals surface area contributed by atoms with Crippen molar-refractivity contribution >= 4 is 34.1 Å². The lowest BCUT2D eigenvalue weighted by Crippen LogP contribution is -2.25. The molecule has 3 heterocycles. The van der Waals surface area contributed by atoms with E-state index < -0.39 is 0 Å². The van der Waals surface area contributed by atoms with Crippen molar-refractivity contribution in [2.45, 2.75) is 25.4 Å². The Morgan fingerprint density at radius 3 is 2.68 bits per heavy atom. The molecule has 6 rings (SSSR count). The number of hydrogen-bond acceptors (Lipinski definition) is 6. The quantitative estimate of drug-likeness (QED) is 0.338. The number of aromatic nitrogens is 4. The Morgan fingerprint density at radius 1 is 1.06 bits per heavy atom. The second kappa shape index (κ2) is 8.15. The lowest BCUT2D eigenvalue weighted by Gasteiger charge is -2.12. The van der Waals surface area contributed by atoms with Crippen LogP contribution in [0.25, 0.3) is 27.9 Å². The third-order valence-electron chi connectivity index (χ3n) is 5.96. The molecule has 1 aliphatic carbocycles. The topological polar surface area (TPSA) is 110 Å². The van der Waals surface area contributed by atoms with Gasteiger partial charge in [0.2, 0.25) is 0 Å². The third-order valence-corrected chi connectivity index (χ3v) is 5.96. The summed E-state index contributed by atoms with van der Waals surface area (Å²) in [4.78, 5) is 26.3. The maximum atomic E-state index is 12.4. The maximum absolute atomic E-state index is 12.4. The summed E-state index contributed by atoms with van der Waals surface area (Å²) in [5.41, 5.74) is 12.5. The Hall–Kier alpha value is -4.46. The van der Waals surface area contributed by atoms with Crippen LogP contribution in [0.15, 0.2) is 73.1 Å². The molecule has 0 aliphatic heterocycles. The van der Waals surface area contributed by atoms with Gasteiger partial charge in [-0.1, -0.05) is 18.2 Å². The summed E-state index contributed by atoms with van der Waals surface area (Å²) in [6, 6.07) is 19.4. The van der Waals surface area contributed by atoms with Crippen molar-refractivity contribution < 1.29 is 4.79 Å². The largest absolute Gasteiger partial charge is 0.399 e. The molecule has 4 N–H and O–H groups in total. The van der Waals surface area contributed by atoms with Gasteiger partial charge >= 0.3 is 0 Å². The molecule has 34 heavy (non-hydrogen) atoms. The van der Waals surface area contributed by atoms with Gasteiger partial charge in [-0.05, 0) is 55.3 Å². The molecule has 0 radical (unpaired) electrons. The van der Waals surface area contributed by atoms with Crippen molar-refractivity contribution in [2.75, 3.05) is 11.1 Å². The fourth-order valence-corrected chi connectivity index (χ4v) is 4.04. The van der Waals surface area contributed by atoms with E-state index in [0.717, 1.165) is 40.8 Å². The highest BCUT2D eigenvalue weighted by atomic mass is 16.1. The Bertz CT molecular complexity index is 1510. The molecule has 1 saturated carbocycles. The molecule has 0 unspecified atom stereocenters. The Morgan fingerprint density at radius 2 is 1.91 bits per heavy atom. The van der Waals surface area contributed by atoms with Crippen LogP contribution in [-0.2, 0) is 6.54 Å². The minimum atomic E-state index is -0.0293. The summed E-state index contributed by atoms with van der Waals surface area (Å²) < 4.78 is 2.07. The lowest BCUT2D eigenvalue weighted by atomic mass is 10.1. The fourth-order valence-electron chi connectivity index (χ4n) is 4.04. The molecular weight excluding hydrogens is 426 g/mol. The Balaban J connectivity index is 1.42. The second-order valence-electron chi connectivity index (χ2n) is 8.51. The van der Waals surface area contributed by atoms with E-state index in [4.69, 9.17) is 15.7 Å². The highest BCUT2D eigenvalue weighted by molar-refractivity contribution is 5.95. The van der Waals surface area contributed by atoms with Crippen molar-refractivity contribution in [3.05, 3.63) is 84.3 Å². The van der Waals surface area contributed by atoms with Gasteiger partial charge in [0.25, 0.3) is 5.91 Å². The number of anilines is 2. The number of nitrogens with one attached hydrogen (secondary N) is 2. The van der Waals surface area contributed by atoms with Gasteiger partial charge < -0.3 is 16.4 Å². The molecule has 1 fully saturated rings. The average molecular weight is 450 g/mol. The van der Waals surface area contributed by atoms with Crippen LogP contribution in [-0.4, -0.2) is 31.3 Å². The van der Waals surface area contributed by atoms with E-state index in [9.17, 15) is 4.79 Å². The summed E-state index contributed by atoms with van der Waals surface area (Å²) in [7, 11) is 0. The van der Waals surface area contributed by atoms with Crippen LogP contribution >= 0.6 is 0 Å². The maximum Gasteiger partial charge on any atom is 0.251 e. The number of carbonyl (C=O) groups is 1. The average Bonchev–Trinajstić information content (AvgIpc) is 3.57. The first-order valence-electron chi connectivity index (χ1n) is 11.3. The standard InChI is InChI=1S/C26H23N7O/c27-18-8-11-22-21(13-18)32-24(29-14-20-3-1-2-12-28-20)25-30-15-23(33(22)25)16-4-6-17(7-5-16)26(34)31-19-9-10-19/h1-8,11-13,15,19H,9-10,14,27H2,(H,29,32)(H,31,34). The number of fused-ring (bicyclic) bond motifs is 3. The van der Waals surface area contributed by atoms with E-state index in [1.54, 1.807) is 6.20 Å². The number of nitrogens with two attached hydrogens (primary N) is 1. The molecular formula is C26H23N7O. The van der Waals surface area contributed by atoms with Crippen LogP contribution in [0.3, 0.4) is 0 Å². The van der Waals surface area contributed by atoms with Crippen LogP contribution < -0.4 is 16.4 Å². The monoisotopic (exact) mass is 449 g/mol. The number of amides is 1. The van der Waals surface area contributed by atoms with Crippen molar-refractivity contribution in [3.63, 3.8) is 0 Å². The number of rotatable bonds is 6. The molecule has 1 amide bonds. The molecule has 0 atom stereocenters. The Kier molecular flexibility index (Phi) is 4.83. The summed E-state index contributed by atoms with van der Waals surface area (Å²) >= 11 is 0. The van der Waals surface area contributed by atoms with Crippen LogP contribution in [0.1, 0.15) is 28.9 Å². The minimum Gasteiger partial charge on any atom is -0.399 e. The number of nitrogen functional groups attached to an aromatic ring is 1. The zero-order valence-corrected chi connectivity index (χ0v) is 18.4. The number of benzene rings is 2. The van der Waals surface area contributed by atoms with Gasteiger partial charge in [0, 0.05) is 29.1 Å². The van der Waals surface area contributed by atoms with Gasteiger partial charge in [-0.2, -0.15) is 0 Å². The van der Waals surface area contributed by atoms with Crippen LogP contribution in [0, 0.1) is 0 Å². The molecule has 168 valence electrons. The number of nitrogens with zero attached hydrogens (tertiary/aromatic N) is 4. The molecule has 8 nitrogen and oxygen atoms in total. The lowest BCUT2D eigenvalue weighted by molar-refractivity contribution is 0.0951. The van der Waals surface area contributed by atoms with Crippen LogP contribution in [0.4, 0.5) is 11.5 Å². The predicted octanol–water partition coefficient (Wildman–Crippen LogP) is 4.03. The molecule has 2 aromatic carbocycles. The van der Waals surface area contributed by atoms with E-state index in [0.29, 0.717) is 35.3 Å². The molecule has 3 aromatic heterocycles. The van der Waals surface area contributed by atoms with E-state index >= 15 is 0 Å². The van der Waals surface area contributed by atoms with Crippen molar-refractivity contribution in [1.29, 1.82) is 0 Å². The Labute approximate surface area is 195 Å². The van der Waals surface area contributed by atoms with Crippen molar-refractivity contribution in [3.8, 4) is 11.3 Å². The highest BCUT2D eigenvalue weighted by Gasteiger charge is 2.24. The predicted molar refractivity (Wildman–Crippen MR) is 132 cm³/mol. The zero-order valence-electron chi connectivity index (χ0n) is 18.4. The number of hydrogen-bond donors (Lipinski definition) is 3. The SMILES string of the molecule is Nc1ccc2c(c1)nc(NCc1ccccn1)c1ncc(-c3ccc(C(=O)NC4CC4)cc3)n12. The normalized spacial score (nSPS) is 13.3. The van der Waals surface area contributed by atoms with Crippen molar-refractivity contribution in [1.82, 2.24) is 24.7 Å².